The van der Waals surface area contributed by atoms with Gasteiger partial charge < -0.3 is 8.60 Å². The fraction of sp³-hybridized carbons (Fsp3) is 0.0500. The van der Waals surface area contributed by atoms with E-state index in [4.69, 9.17) is 8.60 Å². The first-order chi connectivity index (χ1) is 12.5. The Labute approximate surface area is 149 Å². The Bertz CT molecular complexity index is 1260. The molecule has 0 N–H and O–H groups in total. The van der Waals surface area contributed by atoms with Crippen molar-refractivity contribution in [1.82, 2.24) is 0 Å². The Morgan fingerprint density at radius 1 is 0.808 bits per heavy atom. The largest absolute Gasteiger partial charge is 0.456 e. The zero-order chi connectivity index (χ0) is 18.1. The molecule has 0 aliphatic rings. The summed E-state index contributed by atoms with van der Waals surface area (Å²) in [6, 6.07) is 20.2. The highest BCUT2D eigenvalue weighted by Crippen LogP contribution is 2.27. The van der Waals surface area contributed by atoms with Crippen molar-refractivity contribution in [2.75, 3.05) is 0 Å². The van der Waals surface area contributed by atoms with Gasteiger partial charge in [0.2, 0.25) is 5.43 Å². The van der Waals surface area contributed by atoms with E-state index in [1.54, 1.807) is 66.7 Å². The lowest BCUT2D eigenvalue weighted by Crippen LogP contribution is -2.14. The average Bonchev–Trinajstić information content (AvgIpc) is 2.62. The molecule has 5 nitrogen and oxygen atoms in total. The number of rotatable bonds is 4. The molecule has 0 saturated heterocycles. The summed E-state index contributed by atoms with van der Waals surface area (Å²) in [4.78, 5) is 12.8. The molecule has 4 rings (SSSR count). The molecule has 1 heterocycles. The summed E-state index contributed by atoms with van der Waals surface area (Å²) in [5, 5.41) is 0.486. The number of benzene rings is 3. The summed E-state index contributed by atoms with van der Waals surface area (Å²) < 4.78 is 35.9. The van der Waals surface area contributed by atoms with Gasteiger partial charge in [-0.15, -0.1) is 0 Å². The first-order valence-electron chi connectivity index (χ1n) is 7.94. The fourth-order valence-electron chi connectivity index (χ4n) is 2.83. The molecule has 0 bridgehead atoms. The third kappa shape index (κ3) is 3.07. The van der Waals surface area contributed by atoms with Gasteiger partial charge in [0.15, 0.2) is 5.75 Å². The molecular formula is C20H14O5S. The van der Waals surface area contributed by atoms with E-state index in [1.165, 1.54) is 6.07 Å². The van der Waals surface area contributed by atoms with Crippen LogP contribution in [0.25, 0.3) is 21.9 Å². The summed E-state index contributed by atoms with van der Waals surface area (Å²) in [5.41, 5.74) is 0.994. The molecule has 6 heteroatoms. The lowest BCUT2D eigenvalue weighted by atomic mass is 10.1. The van der Waals surface area contributed by atoms with Crippen LogP contribution in [0.15, 0.2) is 82.0 Å². The monoisotopic (exact) mass is 366 g/mol. The van der Waals surface area contributed by atoms with E-state index < -0.39 is 10.1 Å². The van der Waals surface area contributed by atoms with Crippen molar-refractivity contribution in [2.24, 2.45) is 0 Å². The Hall–Kier alpha value is -3.12. The van der Waals surface area contributed by atoms with E-state index >= 15 is 0 Å². The smallest absolute Gasteiger partial charge is 0.313 e. The van der Waals surface area contributed by atoms with Crippen molar-refractivity contribution in [3.63, 3.8) is 0 Å². The predicted molar refractivity (Wildman–Crippen MR) is 99.7 cm³/mol. The number of hydrogen-bond acceptors (Lipinski definition) is 5. The maximum atomic E-state index is 12.8. The molecule has 0 amide bonds. The molecule has 0 atom stereocenters. The van der Waals surface area contributed by atoms with Crippen molar-refractivity contribution >= 4 is 32.1 Å². The van der Waals surface area contributed by atoms with Gasteiger partial charge in [0, 0.05) is 0 Å². The van der Waals surface area contributed by atoms with Crippen LogP contribution in [0.1, 0.15) is 5.56 Å². The van der Waals surface area contributed by atoms with Crippen LogP contribution in [0, 0.1) is 0 Å². The highest BCUT2D eigenvalue weighted by molar-refractivity contribution is 7.86. The SMILES string of the molecule is O=c1c2ccccc2oc2cccc(OS(=O)(=O)Cc3ccccc3)c12. The van der Waals surface area contributed by atoms with Crippen LogP contribution in [-0.4, -0.2) is 8.42 Å². The lowest BCUT2D eigenvalue weighted by molar-refractivity contribution is 0.487. The Morgan fingerprint density at radius 3 is 2.31 bits per heavy atom. The van der Waals surface area contributed by atoms with Crippen LogP contribution in [-0.2, 0) is 15.9 Å². The second kappa shape index (κ2) is 6.31. The van der Waals surface area contributed by atoms with Gasteiger partial charge in [0.1, 0.15) is 22.3 Å². The molecule has 0 spiro atoms. The van der Waals surface area contributed by atoms with E-state index in [2.05, 4.69) is 0 Å². The van der Waals surface area contributed by atoms with Crippen LogP contribution in [0.5, 0.6) is 5.75 Å². The molecule has 0 fully saturated rings. The van der Waals surface area contributed by atoms with E-state index in [1.807, 2.05) is 0 Å². The normalized spacial score (nSPS) is 11.7. The molecule has 0 radical (unpaired) electrons. The first kappa shape index (κ1) is 16.4. The number of hydrogen-bond donors (Lipinski definition) is 0. The summed E-state index contributed by atoms with van der Waals surface area (Å²) in [6.45, 7) is 0. The number of fused-ring (bicyclic) bond motifs is 2. The van der Waals surface area contributed by atoms with Crippen LogP contribution < -0.4 is 9.61 Å². The van der Waals surface area contributed by atoms with Crippen LogP contribution in [0.3, 0.4) is 0 Å². The topological polar surface area (TPSA) is 73.6 Å². The quantitative estimate of drug-likeness (QED) is 0.405. The van der Waals surface area contributed by atoms with Crippen molar-refractivity contribution in [1.29, 1.82) is 0 Å². The summed E-state index contributed by atoms with van der Waals surface area (Å²) in [6.07, 6.45) is 0. The lowest BCUT2D eigenvalue weighted by Gasteiger charge is -2.09. The van der Waals surface area contributed by atoms with Gasteiger partial charge in [-0.1, -0.05) is 48.5 Å². The molecule has 26 heavy (non-hydrogen) atoms. The summed E-state index contributed by atoms with van der Waals surface area (Å²) in [5.74, 6) is -0.318. The zero-order valence-corrected chi connectivity index (χ0v) is 14.4. The Balaban J connectivity index is 1.82. The van der Waals surface area contributed by atoms with Gasteiger partial charge in [-0.3, -0.25) is 4.79 Å². The van der Waals surface area contributed by atoms with Crippen LogP contribution in [0.4, 0.5) is 0 Å². The summed E-state index contributed by atoms with van der Waals surface area (Å²) >= 11 is 0. The molecule has 1 aromatic heterocycles. The van der Waals surface area contributed by atoms with E-state index in [-0.39, 0.29) is 27.9 Å². The molecule has 3 aromatic carbocycles. The highest BCUT2D eigenvalue weighted by Gasteiger charge is 2.19. The van der Waals surface area contributed by atoms with Gasteiger partial charge in [-0.2, -0.15) is 8.42 Å². The van der Waals surface area contributed by atoms with Gasteiger partial charge in [-0.05, 0) is 29.8 Å². The molecule has 0 aliphatic carbocycles. The fourth-order valence-corrected chi connectivity index (χ4v) is 3.90. The molecule has 0 aliphatic heterocycles. The molecule has 0 unspecified atom stereocenters. The standard InChI is InChI=1S/C20H14O5S/c21-20-15-9-4-5-10-16(15)24-17-11-6-12-18(19(17)20)25-26(22,23)13-14-7-2-1-3-8-14/h1-12H,13H2. The minimum Gasteiger partial charge on any atom is -0.456 e. The van der Waals surface area contributed by atoms with Crippen molar-refractivity contribution in [2.45, 2.75) is 5.75 Å². The van der Waals surface area contributed by atoms with Crippen LogP contribution >= 0.6 is 0 Å². The Morgan fingerprint density at radius 2 is 1.50 bits per heavy atom. The average molecular weight is 366 g/mol. The van der Waals surface area contributed by atoms with Crippen LogP contribution in [0.2, 0.25) is 0 Å². The van der Waals surface area contributed by atoms with Crippen molar-refractivity contribution in [3.05, 3.63) is 88.6 Å². The van der Waals surface area contributed by atoms with Gasteiger partial charge in [0.05, 0.1) is 5.39 Å². The molecule has 0 saturated carbocycles. The minimum atomic E-state index is -3.93. The summed E-state index contributed by atoms with van der Waals surface area (Å²) in [7, 11) is -3.93. The first-order valence-corrected chi connectivity index (χ1v) is 9.52. The number of para-hydroxylation sites is 1. The highest BCUT2D eigenvalue weighted by atomic mass is 32.2. The van der Waals surface area contributed by atoms with E-state index in [9.17, 15) is 13.2 Å². The van der Waals surface area contributed by atoms with E-state index in [0.29, 0.717) is 16.5 Å². The maximum absolute atomic E-state index is 12.8. The van der Waals surface area contributed by atoms with E-state index in [0.717, 1.165) is 0 Å². The molecule has 4 aromatic rings. The maximum Gasteiger partial charge on any atom is 0.313 e. The van der Waals surface area contributed by atoms with Gasteiger partial charge in [-0.25, -0.2) is 0 Å². The second-order valence-electron chi connectivity index (χ2n) is 5.83. The minimum absolute atomic E-state index is 0.0297. The van der Waals surface area contributed by atoms with Gasteiger partial charge >= 0.3 is 10.1 Å². The third-order valence-corrected chi connectivity index (χ3v) is 5.09. The van der Waals surface area contributed by atoms with Crippen molar-refractivity contribution < 1.29 is 17.0 Å². The molecular weight excluding hydrogens is 352 g/mol. The van der Waals surface area contributed by atoms with Gasteiger partial charge in [0.25, 0.3) is 0 Å². The second-order valence-corrected chi connectivity index (χ2v) is 7.40. The molecule has 130 valence electrons. The Kier molecular flexibility index (Phi) is 3.97. The third-order valence-electron chi connectivity index (χ3n) is 3.97. The predicted octanol–water partition coefficient (Wildman–Crippen LogP) is 3.86. The van der Waals surface area contributed by atoms with Crippen molar-refractivity contribution in [3.8, 4) is 5.75 Å². The zero-order valence-electron chi connectivity index (χ0n) is 13.6.